The zero-order chi connectivity index (χ0) is 10.8. The third-order valence-electron chi connectivity index (χ3n) is 2.67. The quantitative estimate of drug-likeness (QED) is 0.792. The van der Waals surface area contributed by atoms with E-state index in [4.69, 9.17) is 0 Å². The van der Waals surface area contributed by atoms with Gasteiger partial charge in [-0.25, -0.2) is 4.79 Å². The number of aryl methyl sites for hydroxylation is 1. The van der Waals surface area contributed by atoms with Crippen molar-refractivity contribution in [3.63, 3.8) is 0 Å². The van der Waals surface area contributed by atoms with Crippen LogP contribution in [0.15, 0.2) is 35.1 Å². The molecule has 0 saturated carbocycles. The van der Waals surface area contributed by atoms with Crippen LogP contribution in [-0.4, -0.2) is 9.55 Å². The standard InChI is InChI=1S/C12H14N2O/c1-9-10(2)14(12(15)13-9)8-11-6-4-3-5-7-11/h3-7H,8H2,1-2H3,(H,13,15). The smallest absolute Gasteiger partial charge is 0.310 e. The maximum absolute atomic E-state index is 11.6. The van der Waals surface area contributed by atoms with Crippen LogP contribution in [0.2, 0.25) is 0 Å². The van der Waals surface area contributed by atoms with Gasteiger partial charge in [-0.3, -0.25) is 4.57 Å². The highest BCUT2D eigenvalue weighted by Crippen LogP contribution is 2.05. The van der Waals surface area contributed by atoms with E-state index < -0.39 is 0 Å². The first-order valence-corrected chi connectivity index (χ1v) is 4.98. The number of nitrogens with one attached hydrogen (secondary N) is 1. The summed E-state index contributed by atoms with van der Waals surface area (Å²) in [5.74, 6) is 0. The number of hydrogen-bond acceptors (Lipinski definition) is 1. The largest absolute Gasteiger partial charge is 0.326 e. The average molecular weight is 202 g/mol. The van der Waals surface area contributed by atoms with Crippen molar-refractivity contribution in [2.24, 2.45) is 0 Å². The second-order valence-electron chi connectivity index (χ2n) is 3.71. The van der Waals surface area contributed by atoms with Gasteiger partial charge in [0, 0.05) is 11.4 Å². The lowest BCUT2D eigenvalue weighted by atomic mass is 10.2. The van der Waals surface area contributed by atoms with Crippen LogP contribution in [-0.2, 0) is 6.54 Å². The second-order valence-corrected chi connectivity index (χ2v) is 3.71. The molecule has 1 N–H and O–H groups in total. The first-order chi connectivity index (χ1) is 7.18. The number of rotatable bonds is 2. The van der Waals surface area contributed by atoms with Gasteiger partial charge in [-0.05, 0) is 19.4 Å². The summed E-state index contributed by atoms with van der Waals surface area (Å²) in [5.41, 5.74) is 3.05. The van der Waals surface area contributed by atoms with Crippen LogP contribution in [0, 0.1) is 13.8 Å². The lowest BCUT2D eigenvalue weighted by Crippen LogP contribution is -2.18. The average Bonchev–Trinajstić information content (AvgIpc) is 2.47. The summed E-state index contributed by atoms with van der Waals surface area (Å²) in [6.45, 7) is 4.50. The van der Waals surface area contributed by atoms with Crippen molar-refractivity contribution < 1.29 is 0 Å². The monoisotopic (exact) mass is 202 g/mol. The third kappa shape index (κ3) is 1.86. The number of nitrogens with zero attached hydrogens (tertiary/aromatic N) is 1. The zero-order valence-electron chi connectivity index (χ0n) is 8.95. The molecule has 0 unspecified atom stereocenters. The molecule has 1 heterocycles. The molecule has 0 amide bonds. The molecule has 1 aromatic heterocycles. The summed E-state index contributed by atoms with van der Waals surface area (Å²) in [4.78, 5) is 14.4. The van der Waals surface area contributed by atoms with E-state index in [0.717, 1.165) is 17.0 Å². The van der Waals surface area contributed by atoms with Crippen LogP contribution in [0.1, 0.15) is 17.0 Å². The molecule has 0 atom stereocenters. The predicted molar refractivity (Wildman–Crippen MR) is 60.1 cm³/mol. The molecule has 78 valence electrons. The van der Waals surface area contributed by atoms with Crippen molar-refractivity contribution in [2.75, 3.05) is 0 Å². The number of aromatic nitrogens is 2. The third-order valence-corrected chi connectivity index (χ3v) is 2.67. The number of benzene rings is 1. The maximum atomic E-state index is 11.6. The Labute approximate surface area is 88.4 Å². The normalized spacial score (nSPS) is 10.5. The van der Waals surface area contributed by atoms with Crippen molar-refractivity contribution in [1.82, 2.24) is 9.55 Å². The fourth-order valence-corrected chi connectivity index (χ4v) is 1.63. The molecule has 2 rings (SSSR count). The van der Waals surface area contributed by atoms with Crippen molar-refractivity contribution >= 4 is 0 Å². The highest BCUT2D eigenvalue weighted by Gasteiger charge is 2.06. The van der Waals surface area contributed by atoms with Crippen molar-refractivity contribution in [1.29, 1.82) is 0 Å². The van der Waals surface area contributed by atoms with Gasteiger partial charge in [-0.1, -0.05) is 30.3 Å². The van der Waals surface area contributed by atoms with Gasteiger partial charge in [0.25, 0.3) is 0 Å². The van der Waals surface area contributed by atoms with Crippen molar-refractivity contribution in [2.45, 2.75) is 20.4 Å². The van der Waals surface area contributed by atoms with Crippen LogP contribution in [0.3, 0.4) is 0 Å². The molecule has 0 spiro atoms. The summed E-state index contributed by atoms with van der Waals surface area (Å²) in [7, 11) is 0. The fourth-order valence-electron chi connectivity index (χ4n) is 1.63. The molecule has 0 aliphatic rings. The molecule has 3 nitrogen and oxygen atoms in total. The molecule has 0 fully saturated rings. The van der Waals surface area contributed by atoms with Gasteiger partial charge in [0.05, 0.1) is 6.54 Å². The molecule has 0 aliphatic heterocycles. The SMILES string of the molecule is Cc1[nH]c(=O)n(Cc2ccccc2)c1C. The first-order valence-electron chi connectivity index (χ1n) is 4.98. The number of aromatic amines is 1. The Hall–Kier alpha value is -1.77. The molecule has 3 heteroatoms. The van der Waals surface area contributed by atoms with Crippen LogP contribution >= 0.6 is 0 Å². The topological polar surface area (TPSA) is 37.8 Å². The van der Waals surface area contributed by atoms with Crippen LogP contribution in [0.4, 0.5) is 0 Å². The highest BCUT2D eigenvalue weighted by molar-refractivity contribution is 5.17. The van der Waals surface area contributed by atoms with Gasteiger partial charge >= 0.3 is 5.69 Å². The molecule has 15 heavy (non-hydrogen) atoms. The fraction of sp³-hybridized carbons (Fsp3) is 0.250. The van der Waals surface area contributed by atoms with Crippen molar-refractivity contribution in [3.05, 3.63) is 57.8 Å². The molecule has 1 aromatic carbocycles. The molecule has 0 saturated heterocycles. The Bertz CT molecular complexity index is 508. The van der Waals surface area contributed by atoms with Gasteiger partial charge < -0.3 is 4.98 Å². The minimum atomic E-state index is -0.0335. The molecule has 2 aromatic rings. The Morgan fingerprint density at radius 1 is 1.20 bits per heavy atom. The molecule has 0 bridgehead atoms. The van der Waals surface area contributed by atoms with E-state index in [1.165, 1.54) is 0 Å². The highest BCUT2D eigenvalue weighted by atomic mass is 16.1. The van der Waals surface area contributed by atoms with E-state index in [2.05, 4.69) is 4.98 Å². The van der Waals surface area contributed by atoms with Crippen LogP contribution < -0.4 is 5.69 Å². The summed E-state index contributed by atoms with van der Waals surface area (Å²) in [6.07, 6.45) is 0. The Morgan fingerprint density at radius 3 is 2.40 bits per heavy atom. The minimum Gasteiger partial charge on any atom is -0.310 e. The van der Waals surface area contributed by atoms with E-state index in [1.54, 1.807) is 4.57 Å². The summed E-state index contributed by atoms with van der Waals surface area (Å²) in [6, 6.07) is 9.98. The Balaban J connectivity index is 2.37. The van der Waals surface area contributed by atoms with Gasteiger partial charge in [-0.2, -0.15) is 0 Å². The molecular weight excluding hydrogens is 188 g/mol. The van der Waals surface area contributed by atoms with Gasteiger partial charge in [0.2, 0.25) is 0 Å². The van der Waals surface area contributed by atoms with E-state index in [0.29, 0.717) is 6.54 Å². The van der Waals surface area contributed by atoms with Gasteiger partial charge in [0.1, 0.15) is 0 Å². The van der Waals surface area contributed by atoms with E-state index in [1.807, 2.05) is 44.2 Å². The number of imidazole rings is 1. The van der Waals surface area contributed by atoms with Crippen LogP contribution in [0.25, 0.3) is 0 Å². The van der Waals surface area contributed by atoms with Crippen LogP contribution in [0.5, 0.6) is 0 Å². The molecular formula is C12H14N2O. The van der Waals surface area contributed by atoms with Gasteiger partial charge in [0.15, 0.2) is 0 Å². The summed E-state index contributed by atoms with van der Waals surface area (Å²) in [5, 5.41) is 0. The number of H-pyrrole nitrogens is 1. The molecule has 0 aliphatic carbocycles. The second kappa shape index (κ2) is 3.77. The van der Waals surface area contributed by atoms with Crippen molar-refractivity contribution in [3.8, 4) is 0 Å². The lowest BCUT2D eigenvalue weighted by molar-refractivity contribution is 0.737. The summed E-state index contributed by atoms with van der Waals surface area (Å²) < 4.78 is 1.75. The lowest BCUT2D eigenvalue weighted by Gasteiger charge is -2.04. The minimum absolute atomic E-state index is 0.0335. The van der Waals surface area contributed by atoms with E-state index in [-0.39, 0.29) is 5.69 Å². The Morgan fingerprint density at radius 2 is 1.87 bits per heavy atom. The molecule has 0 radical (unpaired) electrons. The Kier molecular flexibility index (Phi) is 2.46. The van der Waals surface area contributed by atoms with E-state index in [9.17, 15) is 4.79 Å². The predicted octanol–water partition coefficient (Wildman–Crippen LogP) is 1.84. The summed E-state index contributed by atoms with van der Waals surface area (Å²) >= 11 is 0. The van der Waals surface area contributed by atoms with Gasteiger partial charge in [-0.15, -0.1) is 0 Å². The zero-order valence-corrected chi connectivity index (χ0v) is 8.95. The maximum Gasteiger partial charge on any atom is 0.326 e. The van der Waals surface area contributed by atoms with E-state index >= 15 is 0 Å². The number of hydrogen-bond donors (Lipinski definition) is 1. The first kappa shape index (κ1) is 9.77.